The number of nitrogens with two attached hydrogens (primary N) is 1. The largest absolute Gasteiger partial charge is 0.494 e. The molecule has 2 rings (SSSR count). The summed E-state index contributed by atoms with van der Waals surface area (Å²) in [4.78, 5) is 0. The molecule has 0 saturated carbocycles. The van der Waals surface area contributed by atoms with Gasteiger partial charge in [0.15, 0.2) is 4.34 Å². The van der Waals surface area contributed by atoms with Crippen LogP contribution >= 0.6 is 23.1 Å². The van der Waals surface area contributed by atoms with Crippen LogP contribution < -0.4 is 10.5 Å². The highest BCUT2D eigenvalue weighted by atomic mass is 32.2. The summed E-state index contributed by atoms with van der Waals surface area (Å²) in [5, 5.41) is 7.76. The lowest BCUT2D eigenvalue weighted by Gasteiger charge is -2.06. The van der Waals surface area contributed by atoms with Crippen molar-refractivity contribution in [2.75, 3.05) is 12.4 Å². The molecule has 0 fully saturated rings. The maximum atomic E-state index is 5.67. The molecule has 1 heterocycles. The fourth-order valence-electron chi connectivity index (χ4n) is 1.40. The van der Waals surface area contributed by atoms with Crippen molar-refractivity contribution in [2.45, 2.75) is 17.3 Å². The molecule has 2 N–H and O–H groups in total. The lowest BCUT2D eigenvalue weighted by atomic mass is 10.2. The van der Waals surface area contributed by atoms with Crippen molar-refractivity contribution >= 4 is 23.1 Å². The van der Waals surface area contributed by atoms with E-state index in [1.54, 1.807) is 28.6 Å². The highest BCUT2D eigenvalue weighted by molar-refractivity contribution is 8.00. The normalized spacial score (nSPS) is 10.5. The molecular formula is C12H15N3OS2. The van der Waals surface area contributed by atoms with Gasteiger partial charge < -0.3 is 10.5 Å². The van der Waals surface area contributed by atoms with Gasteiger partial charge in [-0.15, -0.1) is 10.2 Å². The van der Waals surface area contributed by atoms with Gasteiger partial charge in [-0.2, -0.15) is 0 Å². The summed E-state index contributed by atoms with van der Waals surface area (Å²) < 4.78 is 6.68. The number of hydrogen-bond acceptors (Lipinski definition) is 6. The van der Waals surface area contributed by atoms with E-state index in [4.69, 9.17) is 10.5 Å². The van der Waals surface area contributed by atoms with Crippen LogP contribution in [0.3, 0.4) is 0 Å². The standard InChI is InChI=1S/C12H15N3OS2/c13-8-10-3-1-4-11(7-10)16-5-2-6-17-12-15-14-9-18-12/h1,3-4,7,9H,2,5-6,8,13H2. The van der Waals surface area contributed by atoms with Crippen molar-refractivity contribution in [2.24, 2.45) is 5.73 Å². The third-order valence-electron chi connectivity index (χ3n) is 2.26. The Bertz CT molecular complexity index is 462. The van der Waals surface area contributed by atoms with E-state index in [2.05, 4.69) is 10.2 Å². The third-order valence-corrected chi connectivity index (χ3v) is 4.20. The Morgan fingerprint density at radius 2 is 2.33 bits per heavy atom. The number of aromatic nitrogens is 2. The summed E-state index contributed by atoms with van der Waals surface area (Å²) in [5.74, 6) is 1.88. The lowest BCUT2D eigenvalue weighted by Crippen LogP contribution is -2.00. The molecular weight excluding hydrogens is 266 g/mol. The summed E-state index contributed by atoms with van der Waals surface area (Å²) in [5.41, 5.74) is 8.42. The van der Waals surface area contributed by atoms with E-state index in [-0.39, 0.29) is 0 Å². The number of nitrogens with zero attached hydrogens (tertiary/aromatic N) is 2. The Morgan fingerprint density at radius 1 is 1.39 bits per heavy atom. The smallest absolute Gasteiger partial charge is 0.174 e. The van der Waals surface area contributed by atoms with Crippen LogP contribution in [0.2, 0.25) is 0 Å². The Kier molecular flexibility index (Phi) is 5.44. The third kappa shape index (κ3) is 4.29. The Morgan fingerprint density at radius 3 is 3.11 bits per heavy atom. The second-order valence-corrected chi connectivity index (χ2v) is 5.78. The van der Waals surface area contributed by atoms with E-state index < -0.39 is 0 Å². The van der Waals surface area contributed by atoms with E-state index >= 15 is 0 Å². The average molecular weight is 281 g/mol. The van der Waals surface area contributed by atoms with E-state index in [0.717, 1.165) is 27.8 Å². The number of thioether (sulfide) groups is 1. The van der Waals surface area contributed by atoms with Crippen LogP contribution in [0.15, 0.2) is 34.1 Å². The first-order valence-electron chi connectivity index (χ1n) is 5.69. The first-order valence-corrected chi connectivity index (χ1v) is 7.56. The monoisotopic (exact) mass is 281 g/mol. The van der Waals surface area contributed by atoms with Crippen LogP contribution in [0.5, 0.6) is 5.75 Å². The van der Waals surface area contributed by atoms with Gasteiger partial charge in [-0.25, -0.2) is 0 Å². The van der Waals surface area contributed by atoms with E-state index in [1.165, 1.54) is 0 Å². The molecule has 0 bridgehead atoms. The predicted octanol–water partition coefficient (Wildman–Crippen LogP) is 2.56. The van der Waals surface area contributed by atoms with Gasteiger partial charge in [0.1, 0.15) is 11.3 Å². The van der Waals surface area contributed by atoms with Gasteiger partial charge in [0.25, 0.3) is 0 Å². The second kappa shape index (κ2) is 7.35. The zero-order valence-corrected chi connectivity index (χ0v) is 11.5. The molecule has 0 saturated heterocycles. The Balaban J connectivity index is 1.65. The highest BCUT2D eigenvalue weighted by Crippen LogP contribution is 2.20. The van der Waals surface area contributed by atoms with Gasteiger partial charge in [-0.05, 0) is 24.1 Å². The molecule has 96 valence electrons. The predicted molar refractivity (Wildman–Crippen MR) is 75.1 cm³/mol. The van der Waals surface area contributed by atoms with Crippen molar-refractivity contribution in [3.63, 3.8) is 0 Å². The van der Waals surface area contributed by atoms with Crippen LogP contribution in [-0.2, 0) is 6.54 Å². The Labute approximate surface area is 115 Å². The van der Waals surface area contributed by atoms with Crippen LogP contribution in [0.1, 0.15) is 12.0 Å². The van der Waals surface area contributed by atoms with Crippen LogP contribution in [0.25, 0.3) is 0 Å². The lowest BCUT2D eigenvalue weighted by molar-refractivity contribution is 0.318. The van der Waals surface area contributed by atoms with E-state index in [0.29, 0.717) is 13.2 Å². The van der Waals surface area contributed by atoms with Crippen LogP contribution in [0, 0.1) is 0 Å². The summed E-state index contributed by atoms with van der Waals surface area (Å²) in [7, 11) is 0. The van der Waals surface area contributed by atoms with Crippen molar-refractivity contribution in [1.29, 1.82) is 0 Å². The summed E-state index contributed by atoms with van der Waals surface area (Å²) in [6.45, 7) is 1.25. The summed E-state index contributed by atoms with van der Waals surface area (Å²) in [6.07, 6.45) is 0.983. The average Bonchev–Trinajstić information content (AvgIpc) is 2.92. The second-order valence-electron chi connectivity index (χ2n) is 3.61. The van der Waals surface area contributed by atoms with Gasteiger partial charge in [-0.1, -0.05) is 35.2 Å². The summed E-state index contributed by atoms with van der Waals surface area (Å²) in [6, 6.07) is 7.90. The zero-order chi connectivity index (χ0) is 12.6. The number of hydrogen-bond donors (Lipinski definition) is 1. The SMILES string of the molecule is NCc1cccc(OCCCSc2nncs2)c1. The van der Waals surface area contributed by atoms with Crippen LogP contribution in [-0.4, -0.2) is 22.6 Å². The fraction of sp³-hybridized carbons (Fsp3) is 0.333. The number of benzene rings is 1. The minimum atomic E-state index is 0.546. The van der Waals surface area contributed by atoms with Crippen LogP contribution in [0.4, 0.5) is 0 Å². The number of rotatable bonds is 7. The van der Waals surface area contributed by atoms with Gasteiger partial charge in [0.2, 0.25) is 0 Å². The molecule has 6 heteroatoms. The maximum absolute atomic E-state index is 5.67. The topological polar surface area (TPSA) is 61.0 Å². The Hall–Kier alpha value is -1.11. The van der Waals surface area contributed by atoms with Gasteiger partial charge in [0.05, 0.1) is 6.61 Å². The first-order chi connectivity index (χ1) is 8.88. The molecule has 1 aromatic carbocycles. The molecule has 2 aromatic rings. The molecule has 0 atom stereocenters. The maximum Gasteiger partial charge on any atom is 0.174 e. The minimum absolute atomic E-state index is 0.546. The quantitative estimate of drug-likeness (QED) is 0.624. The highest BCUT2D eigenvalue weighted by Gasteiger charge is 1.99. The van der Waals surface area contributed by atoms with Gasteiger partial charge in [0, 0.05) is 12.3 Å². The molecule has 4 nitrogen and oxygen atoms in total. The molecule has 0 aliphatic heterocycles. The molecule has 0 unspecified atom stereocenters. The molecule has 0 aliphatic rings. The zero-order valence-electron chi connectivity index (χ0n) is 9.91. The van der Waals surface area contributed by atoms with E-state index in [1.807, 2.05) is 24.3 Å². The minimum Gasteiger partial charge on any atom is -0.494 e. The molecule has 0 amide bonds. The van der Waals surface area contributed by atoms with Crippen molar-refractivity contribution in [3.8, 4) is 5.75 Å². The van der Waals surface area contributed by atoms with Crippen molar-refractivity contribution in [3.05, 3.63) is 35.3 Å². The molecule has 18 heavy (non-hydrogen) atoms. The van der Waals surface area contributed by atoms with E-state index in [9.17, 15) is 0 Å². The fourth-order valence-corrected chi connectivity index (χ4v) is 2.87. The van der Waals surface area contributed by atoms with Gasteiger partial charge in [-0.3, -0.25) is 0 Å². The first kappa shape index (κ1) is 13.3. The van der Waals surface area contributed by atoms with Crippen molar-refractivity contribution in [1.82, 2.24) is 10.2 Å². The number of ether oxygens (including phenoxy) is 1. The summed E-state index contributed by atoms with van der Waals surface area (Å²) >= 11 is 3.28. The van der Waals surface area contributed by atoms with Crippen molar-refractivity contribution < 1.29 is 4.74 Å². The molecule has 0 spiro atoms. The molecule has 0 aliphatic carbocycles. The molecule has 1 aromatic heterocycles. The van der Waals surface area contributed by atoms with Gasteiger partial charge >= 0.3 is 0 Å². The molecule has 0 radical (unpaired) electrons.